The molecule has 0 saturated carbocycles. The number of carbonyl (C=O) groups is 1. The number of anilines is 1. The summed E-state index contributed by atoms with van der Waals surface area (Å²) in [4.78, 5) is 31.4. The van der Waals surface area contributed by atoms with Crippen molar-refractivity contribution in [3.63, 3.8) is 0 Å². The monoisotopic (exact) mass is 258 g/mol. The Hall–Kier alpha value is -2.83. The average molecular weight is 258 g/mol. The summed E-state index contributed by atoms with van der Waals surface area (Å²) >= 11 is 0. The van der Waals surface area contributed by atoms with E-state index in [-0.39, 0.29) is 11.4 Å². The second-order valence-electron chi connectivity index (χ2n) is 3.71. The van der Waals surface area contributed by atoms with E-state index >= 15 is 0 Å². The minimum absolute atomic E-state index is 0.00218. The maximum Gasteiger partial charge on any atom is 0.278 e. The van der Waals surface area contributed by atoms with Gasteiger partial charge in [0.1, 0.15) is 11.5 Å². The molecule has 0 bridgehead atoms. The number of hydrogen-bond acceptors (Lipinski definition) is 5. The second-order valence-corrected chi connectivity index (χ2v) is 3.71. The van der Waals surface area contributed by atoms with Crippen LogP contribution >= 0.6 is 0 Å². The van der Waals surface area contributed by atoms with E-state index < -0.39 is 10.8 Å². The summed E-state index contributed by atoms with van der Waals surface area (Å²) in [6.45, 7) is 0. The quantitative estimate of drug-likeness (QED) is 0.617. The Morgan fingerprint density at radius 2 is 2.05 bits per heavy atom. The molecule has 0 saturated heterocycles. The van der Waals surface area contributed by atoms with Crippen LogP contribution in [0.3, 0.4) is 0 Å². The van der Waals surface area contributed by atoms with Crippen LogP contribution in [0.25, 0.3) is 0 Å². The topological polar surface area (TPSA) is 89.2 Å². The molecule has 1 amide bonds. The summed E-state index contributed by atoms with van der Waals surface area (Å²) < 4.78 is 0. The highest BCUT2D eigenvalue weighted by molar-refractivity contribution is 6.04. The van der Waals surface area contributed by atoms with Gasteiger partial charge in [-0.3, -0.25) is 24.8 Å². The first-order valence-electron chi connectivity index (χ1n) is 5.39. The number of aromatic nitrogens is 2. The average Bonchev–Trinajstić information content (AvgIpc) is 2.46. The Kier molecular flexibility index (Phi) is 3.46. The van der Waals surface area contributed by atoms with Crippen molar-refractivity contribution in [3.8, 4) is 0 Å². The zero-order valence-corrected chi connectivity index (χ0v) is 10.1. The van der Waals surface area contributed by atoms with Crippen molar-refractivity contribution in [2.45, 2.75) is 0 Å². The first kappa shape index (κ1) is 12.6. The van der Waals surface area contributed by atoms with E-state index in [1.54, 1.807) is 24.4 Å². The van der Waals surface area contributed by atoms with Gasteiger partial charge in [0.15, 0.2) is 0 Å². The van der Waals surface area contributed by atoms with E-state index in [1.165, 1.54) is 24.2 Å². The van der Waals surface area contributed by atoms with Crippen molar-refractivity contribution in [1.82, 2.24) is 9.97 Å². The molecule has 0 aliphatic carbocycles. The molecule has 96 valence electrons. The number of hydrogen-bond donors (Lipinski definition) is 0. The molecule has 0 fully saturated rings. The van der Waals surface area contributed by atoms with E-state index in [0.29, 0.717) is 5.82 Å². The number of amides is 1. The lowest BCUT2D eigenvalue weighted by atomic mass is 10.3. The molecule has 2 heterocycles. The predicted molar refractivity (Wildman–Crippen MR) is 67.9 cm³/mol. The number of nitrogens with zero attached hydrogens (tertiary/aromatic N) is 4. The summed E-state index contributed by atoms with van der Waals surface area (Å²) in [5.41, 5.74) is -0.171. The maximum absolute atomic E-state index is 12.1. The van der Waals surface area contributed by atoms with Crippen LogP contribution in [-0.2, 0) is 0 Å². The van der Waals surface area contributed by atoms with Crippen molar-refractivity contribution in [2.75, 3.05) is 11.9 Å². The molecule has 2 aromatic rings. The van der Waals surface area contributed by atoms with E-state index in [9.17, 15) is 14.9 Å². The Morgan fingerprint density at radius 3 is 2.68 bits per heavy atom. The summed E-state index contributed by atoms with van der Waals surface area (Å²) in [5, 5.41) is 10.7. The van der Waals surface area contributed by atoms with Crippen LogP contribution in [-0.4, -0.2) is 27.8 Å². The molecule has 0 radical (unpaired) electrons. The Bertz CT molecular complexity index is 615. The molecule has 0 aromatic carbocycles. The van der Waals surface area contributed by atoms with Crippen LogP contribution in [0.1, 0.15) is 10.5 Å². The van der Waals surface area contributed by atoms with Gasteiger partial charge >= 0.3 is 0 Å². The lowest BCUT2D eigenvalue weighted by molar-refractivity contribution is -0.385. The van der Waals surface area contributed by atoms with Crippen LogP contribution in [0, 0.1) is 10.1 Å². The lowest BCUT2D eigenvalue weighted by Crippen LogP contribution is -2.27. The highest BCUT2D eigenvalue weighted by Crippen LogP contribution is 2.14. The molecule has 2 rings (SSSR count). The van der Waals surface area contributed by atoms with Gasteiger partial charge < -0.3 is 0 Å². The smallest absolute Gasteiger partial charge is 0.278 e. The van der Waals surface area contributed by atoms with Gasteiger partial charge in [-0.2, -0.15) is 0 Å². The van der Waals surface area contributed by atoms with E-state index in [1.807, 2.05) is 0 Å². The molecule has 0 aliphatic heterocycles. The van der Waals surface area contributed by atoms with E-state index in [4.69, 9.17) is 0 Å². The third-order valence-electron chi connectivity index (χ3n) is 2.47. The van der Waals surface area contributed by atoms with Gasteiger partial charge in [-0.1, -0.05) is 6.07 Å². The van der Waals surface area contributed by atoms with Crippen molar-refractivity contribution in [3.05, 3.63) is 58.5 Å². The zero-order valence-electron chi connectivity index (χ0n) is 10.1. The molecule has 0 spiro atoms. The number of rotatable bonds is 3. The van der Waals surface area contributed by atoms with Crippen molar-refractivity contribution in [1.29, 1.82) is 0 Å². The van der Waals surface area contributed by atoms with Gasteiger partial charge in [0.25, 0.3) is 11.6 Å². The minimum atomic E-state index is -0.570. The van der Waals surface area contributed by atoms with Crippen LogP contribution in [0.4, 0.5) is 11.5 Å². The Balaban J connectivity index is 2.29. The third kappa shape index (κ3) is 2.71. The van der Waals surface area contributed by atoms with Crippen LogP contribution < -0.4 is 4.90 Å². The molecular weight excluding hydrogens is 248 g/mol. The molecule has 7 heteroatoms. The van der Waals surface area contributed by atoms with Gasteiger partial charge in [-0.05, 0) is 12.1 Å². The first-order valence-corrected chi connectivity index (χ1v) is 5.39. The zero-order chi connectivity index (χ0) is 13.8. The van der Waals surface area contributed by atoms with Crippen molar-refractivity contribution in [2.24, 2.45) is 0 Å². The minimum Gasteiger partial charge on any atom is -0.294 e. The molecule has 0 N–H and O–H groups in total. The third-order valence-corrected chi connectivity index (χ3v) is 2.47. The normalized spacial score (nSPS) is 9.95. The largest absolute Gasteiger partial charge is 0.294 e. The van der Waals surface area contributed by atoms with Gasteiger partial charge in [-0.15, -0.1) is 0 Å². The number of pyridine rings is 2. The number of nitro groups is 1. The summed E-state index contributed by atoms with van der Waals surface area (Å²) in [7, 11) is 1.53. The fourth-order valence-electron chi connectivity index (χ4n) is 1.48. The SMILES string of the molecule is CN(C(=O)c1cc([N+](=O)[O-])ccn1)c1ccccn1. The number of carbonyl (C=O) groups excluding carboxylic acids is 1. The summed E-state index contributed by atoms with van der Waals surface area (Å²) in [6, 6.07) is 7.51. The van der Waals surface area contributed by atoms with Crippen molar-refractivity contribution < 1.29 is 9.72 Å². The molecule has 0 unspecified atom stereocenters. The molecule has 0 atom stereocenters. The van der Waals surface area contributed by atoms with Gasteiger partial charge in [0.2, 0.25) is 0 Å². The fraction of sp³-hybridized carbons (Fsp3) is 0.0833. The molecule has 7 nitrogen and oxygen atoms in total. The molecule has 2 aromatic heterocycles. The predicted octanol–water partition coefficient (Wildman–Crippen LogP) is 1.66. The molecule has 0 aliphatic rings. The Morgan fingerprint density at radius 1 is 1.26 bits per heavy atom. The van der Waals surface area contributed by atoms with Crippen LogP contribution in [0.2, 0.25) is 0 Å². The standard InChI is InChI=1S/C12H10N4O3/c1-15(11-4-2-3-6-14-11)12(17)10-8-9(16(18)19)5-7-13-10/h2-8H,1H3. The second kappa shape index (κ2) is 5.21. The van der Waals surface area contributed by atoms with Gasteiger partial charge in [-0.25, -0.2) is 4.98 Å². The van der Waals surface area contributed by atoms with Crippen LogP contribution in [0.5, 0.6) is 0 Å². The highest BCUT2D eigenvalue weighted by Gasteiger charge is 2.18. The van der Waals surface area contributed by atoms with E-state index in [0.717, 1.165) is 6.07 Å². The van der Waals surface area contributed by atoms with Gasteiger partial charge in [0.05, 0.1) is 4.92 Å². The van der Waals surface area contributed by atoms with E-state index in [2.05, 4.69) is 9.97 Å². The molecular formula is C12H10N4O3. The van der Waals surface area contributed by atoms with Crippen molar-refractivity contribution >= 4 is 17.4 Å². The maximum atomic E-state index is 12.1. The Labute approximate surface area is 108 Å². The first-order chi connectivity index (χ1) is 9.09. The van der Waals surface area contributed by atoms with Crippen LogP contribution in [0.15, 0.2) is 42.7 Å². The summed E-state index contributed by atoms with van der Waals surface area (Å²) in [5.74, 6) is -0.0109. The highest BCUT2D eigenvalue weighted by atomic mass is 16.6. The fourth-order valence-corrected chi connectivity index (χ4v) is 1.48. The lowest BCUT2D eigenvalue weighted by Gasteiger charge is -2.15. The summed E-state index contributed by atoms with van der Waals surface area (Å²) in [6.07, 6.45) is 2.79. The van der Waals surface area contributed by atoms with Gasteiger partial charge in [0, 0.05) is 31.6 Å². The molecule has 19 heavy (non-hydrogen) atoms.